The molecule has 0 amide bonds. The van der Waals surface area contributed by atoms with Crippen LogP contribution in [0, 0.1) is 13.8 Å². The lowest BCUT2D eigenvalue weighted by atomic mass is 9.55. The summed E-state index contributed by atoms with van der Waals surface area (Å²) in [5.41, 5.74) is 12.0. The van der Waals surface area contributed by atoms with E-state index in [1.165, 1.54) is 44.5 Å². The van der Waals surface area contributed by atoms with E-state index < -0.39 is 0 Å². The summed E-state index contributed by atoms with van der Waals surface area (Å²) in [6, 6.07) is 9.86. The molecule has 1 aliphatic rings. The molecule has 0 bridgehead atoms. The first-order chi connectivity index (χ1) is 11.1. The van der Waals surface area contributed by atoms with Crippen LogP contribution in [0.5, 0.6) is 0 Å². The quantitative estimate of drug-likeness (QED) is 0.580. The summed E-state index contributed by atoms with van der Waals surface area (Å²) in [6.45, 7) is 18.7. The molecule has 24 heavy (non-hydrogen) atoms. The van der Waals surface area contributed by atoms with Gasteiger partial charge in [0.1, 0.15) is 0 Å². The van der Waals surface area contributed by atoms with Gasteiger partial charge in [-0.05, 0) is 82.0 Å². The van der Waals surface area contributed by atoms with Crippen molar-refractivity contribution in [2.24, 2.45) is 0 Å². The summed E-state index contributed by atoms with van der Waals surface area (Å²) < 4.78 is 0. The van der Waals surface area contributed by atoms with Gasteiger partial charge in [-0.25, -0.2) is 0 Å². The molecule has 0 nitrogen and oxygen atoms in total. The first kappa shape index (κ1) is 17.3. The largest absolute Gasteiger partial charge is 0.0613 e. The van der Waals surface area contributed by atoms with E-state index in [0.717, 1.165) is 12.8 Å². The average molecular weight is 321 g/mol. The molecule has 0 radical (unpaired) electrons. The highest BCUT2D eigenvalue weighted by Gasteiger charge is 2.46. The van der Waals surface area contributed by atoms with E-state index >= 15 is 0 Å². The van der Waals surface area contributed by atoms with Gasteiger partial charge < -0.3 is 0 Å². The second-order valence-electron chi connectivity index (χ2n) is 8.61. The van der Waals surface area contributed by atoms with Gasteiger partial charge in [-0.2, -0.15) is 0 Å². The van der Waals surface area contributed by atoms with Gasteiger partial charge in [-0.15, -0.1) is 0 Å². The molecule has 0 atom stereocenters. The minimum atomic E-state index is 0.118. The van der Waals surface area contributed by atoms with Crippen LogP contribution in [0.25, 0.3) is 11.1 Å². The highest BCUT2D eigenvalue weighted by atomic mass is 14.5. The predicted octanol–water partition coefficient (Wildman–Crippen LogP) is 6.66. The zero-order valence-corrected chi connectivity index (χ0v) is 16.7. The number of hydrogen-bond acceptors (Lipinski definition) is 0. The molecule has 0 heteroatoms. The second-order valence-corrected chi connectivity index (χ2v) is 8.61. The molecule has 0 saturated carbocycles. The summed E-state index contributed by atoms with van der Waals surface area (Å²) in [4.78, 5) is 0. The van der Waals surface area contributed by atoms with Crippen LogP contribution in [0.2, 0.25) is 0 Å². The molecule has 2 aromatic carbocycles. The van der Waals surface area contributed by atoms with Crippen molar-refractivity contribution in [3.05, 3.63) is 57.6 Å². The molecule has 0 N–H and O–H groups in total. The Kier molecular flexibility index (Phi) is 3.94. The van der Waals surface area contributed by atoms with Crippen molar-refractivity contribution in [3.8, 4) is 11.1 Å². The molecule has 0 spiro atoms. The Bertz CT molecular complexity index is 734. The van der Waals surface area contributed by atoms with Crippen molar-refractivity contribution in [1.29, 1.82) is 0 Å². The first-order valence-electron chi connectivity index (χ1n) is 9.43. The molecule has 0 aromatic heterocycles. The topological polar surface area (TPSA) is 0 Å². The Morgan fingerprint density at radius 2 is 0.958 bits per heavy atom. The highest BCUT2D eigenvalue weighted by molar-refractivity contribution is 5.79. The van der Waals surface area contributed by atoms with Gasteiger partial charge >= 0.3 is 0 Å². The Labute approximate surface area is 148 Å². The number of hydrogen-bond donors (Lipinski definition) is 0. The fourth-order valence-electron chi connectivity index (χ4n) is 4.42. The van der Waals surface area contributed by atoms with Crippen molar-refractivity contribution >= 4 is 0 Å². The van der Waals surface area contributed by atoms with E-state index in [1.807, 2.05) is 0 Å². The molecule has 0 aliphatic heterocycles. The Morgan fingerprint density at radius 1 is 0.625 bits per heavy atom. The van der Waals surface area contributed by atoms with Crippen LogP contribution in [0.1, 0.15) is 74.9 Å². The molecule has 0 saturated heterocycles. The van der Waals surface area contributed by atoms with E-state index in [-0.39, 0.29) is 10.8 Å². The van der Waals surface area contributed by atoms with Crippen molar-refractivity contribution in [3.63, 3.8) is 0 Å². The minimum absolute atomic E-state index is 0.118. The molecule has 0 unspecified atom stereocenters. The van der Waals surface area contributed by atoms with Gasteiger partial charge in [0.05, 0.1) is 0 Å². The number of rotatable bonds is 2. The van der Waals surface area contributed by atoms with Crippen LogP contribution in [-0.4, -0.2) is 0 Å². The second kappa shape index (κ2) is 5.48. The molecular formula is C24H32. The van der Waals surface area contributed by atoms with Gasteiger partial charge in [0.25, 0.3) is 0 Å². The Balaban J connectivity index is 2.44. The predicted molar refractivity (Wildman–Crippen MR) is 106 cm³/mol. The Morgan fingerprint density at radius 3 is 1.25 bits per heavy atom. The lowest BCUT2D eigenvalue weighted by molar-refractivity contribution is 0.298. The van der Waals surface area contributed by atoms with Gasteiger partial charge in [-0.1, -0.05) is 65.8 Å². The summed E-state index contributed by atoms with van der Waals surface area (Å²) in [5.74, 6) is 0. The van der Waals surface area contributed by atoms with Gasteiger partial charge in [-0.3, -0.25) is 0 Å². The third-order valence-electron chi connectivity index (χ3n) is 6.91. The monoisotopic (exact) mass is 320 g/mol. The molecule has 2 aromatic rings. The van der Waals surface area contributed by atoms with E-state index in [9.17, 15) is 0 Å². The molecule has 128 valence electrons. The van der Waals surface area contributed by atoms with Crippen LogP contribution >= 0.6 is 0 Å². The molecule has 0 heterocycles. The molecular weight excluding hydrogens is 288 g/mol. The zero-order chi connectivity index (χ0) is 17.9. The summed E-state index contributed by atoms with van der Waals surface area (Å²) in [6.07, 6.45) is 2.20. The van der Waals surface area contributed by atoms with Crippen molar-refractivity contribution < 1.29 is 0 Å². The van der Waals surface area contributed by atoms with Gasteiger partial charge in [0, 0.05) is 0 Å². The highest BCUT2D eigenvalue weighted by Crippen LogP contribution is 2.54. The van der Waals surface area contributed by atoms with Crippen molar-refractivity contribution in [1.82, 2.24) is 0 Å². The standard InChI is InChI=1S/C24H32/c1-9-17-13-19-20-14-18(10-2)16(4)12-22(20)24(7,8)23(5,6)21(19)11-15(17)3/h11-14H,9-10H2,1-8H3. The van der Waals surface area contributed by atoms with E-state index in [1.54, 1.807) is 0 Å². The average Bonchev–Trinajstić information content (AvgIpc) is 2.53. The number of benzene rings is 2. The third-order valence-corrected chi connectivity index (χ3v) is 6.91. The van der Waals surface area contributed by atoms with E-state index in [4.69, 9.17) is 0 Å². The van der Waals surface area contributed by atoms with Crippen LogP contribution in [0.15, 0.2) is 24.3 Å². The SMILES string of the molecule is CCc1cc2c(cc1C)C(C)(C)C(C)(C)c1cc(C)c(CC)cc1-2. The molecule has 3 rings (SSSR count). The van der Waals surface area contributed by atoms with Crippen molar-refractivity contribution in [2.75, 3.05) is 0 Å². The normalized spacial score (nSPS) is 17.3. The Hall–Kier alpha value is -1.56. The van der Waals surface area contributed by atoms with Gasteiger partial charge in [0.2, 0.25) is 0 Å². The third kappa shape index (κ3) is 2.19. The molecule has 1 aliphatic carbocycles. The molecule has 0 fully saturated rings. The minimum Gasteiger partial charge on any atom is -0.0613 e. The van der Waals surface area contributed by atoms with Crippen LogP contribution in [0.3, 0.4) is 0 Å². The van der Waals surface area contributed by atoms with Crippen LogP contribution in [0.4, 0.5) is 0 Å². The lowest BCUT2D eigenvalue weighted by Crippen LogP contribution is -2.43. The van der Waals surface area contributed by atoms with Crippen molar-refractivity contribution in [2.45, 2.75) is 79.1 Å². The lowest BCUT2D eigenvalue weighted by Gasteiger charge is -2.49. The summed E-state index contributed by atoms with van der Waals surface area (Å²) in [5, 5.41) is 0. The van der Waals surface area contributed by atoms with Gasteiger partial charge in [0.15, 0.2) is 0 Å². The summed E-state index contributed by atoms with van der Waals surface area (Å²) >= 11 is 0. The van der Waals surface area contributed by atoms with Crippen LogP contribution < -0.4 is 0 Å². The number of fused-ring (bicyclic) bond motifs is 3. The van der Waals surface area contributed by atoms with E-state index in [0.29, 0.717) is 0 Å². The number of aryl methyl sites for hydroxylation is 4. The first-order valence-corrected chi connectivity index (χ1v) is 9.43. The fourth-order valence-corrected chi connectivity index (χ4v) is 4.42. The smallest absolute Gasteiger partial charge is 0.000558 e. The fraction of sp³-hybridized carbons (Fsp3) is 0.500. The maximum atomic E-state index is 2.47. The maximum Gasteiger partial charge on any atom is -0.000558 e. The zero-order valence-electron chi connectivity index (χ0n) is 16.7. The van der Waals surface area contributed by atoms with E-state index in [2.05, 4.69) is 79.7 Å². The van der Waals surface area contributed by atoms with Crippen LogP contribution in [-0.2, 0) is 23.7 Å². The summed E-state index contributed by atoms with van der Waals surface area (Å²) in [7, 11) is 0. The maximum absolute atomic E-state index is 2.47.